The molecule has 0 aliphatic rings. The molecule has 6 amide bonds. The Morgan fingerprint density at radius 1 is 0.425 bits per heavy atom. The van der Waals surface area contributed by atoms with E-state index in [-0.39, 0.29) is 108 Å². The number of nitrogens with one attached hydrogen (secondary N) is 7. The van der Waals surface area contributed by atoms with Gasteiger partial charge in [0.2, 0.25) is 35.4 Å². The number of hydrogen-bond acceptors (Lipinski definition) is 11. The average Bonchev–Trinajstić information content (AvgIpc) is 3.95. The first-order valence-electron chi connectivity index (χ1n) is 23.7. The van der Waals surface area contributed by atoms with Gasteiger partial charge in [-0.05, 0) is 74.6 Å². The second kappa shape index (κ2) is 28.9. The van der Waals surface area contributed by atoms with E-state index in [1.165, 1.54) is 0 Å². The van der Waals surface area contributed by atoms with Gasteiger partial charge >= 0.3 is 0 Å². The van der Waals surface area contributed by atoms with E-state index in [9.17, 15) is 28.8 Å². The van der Waals surface area contributed by atoms with Gasteiger partial charge in [0.25, 0.3) is 0 Å². The lowest BCUT2D eigenvalue weighted by molar-refractivity contribution is -0.135. The first-order chi connectivity index (χ1) is 34.8. The predicted molar refractivity (Wildman–Crippen MR) is 280 cm³/mol. The number of benzene rings is 2. The summed E-state index contributed by atoms with van der Waals surface area (Å²) in [5.41, 5.74) is 59.0. The number of aromatic nitrogens is 2. The molecule has 4 aromatic rings. The molecule has 0 saturated carbocycles. The van der Waals surface area contributed by atoms with E-state index in [1.807, 2.05) is 48.5 Å². The van der Waals surface area contributed by atoms with Gasteiger partial charge in [0.15, 0.2) is 23.8 Å². The number of hydrogen-bond donors (Lipinski definition) is 17. The Kier molecular flexibility index (Phi) is 22.6. The summed E-state index contributed by atoms with van der Waals surface area (Å²) in [6, 6.07) is 7.28. The quantitative estimate of drug-likeness (QED) is 0.0129. The van der Waals surface area contributed by atoms with E-state index in [2.05, 4.69) is 56.5 Å². The molecule has 2 aromatic heterocycles. The molecule has 27 heteroatoms. The number of H-pyrrole nitrogens is 2. The standard InChI is InChI=1S/C46H71N21O6/c47-29(11-5-17-57-43(49)50)38(69)63-32(14-6-18-58-44(51)52)39(70)64-33(15-7-19-59-45(53)54)40(71)65-34(16-8-20-60-46(55)56)41(72)67-36(22-26-24-62-31-13-4-2-10-28(26)31)42(73)66-35(37(48)68)21-25-23-61-30-12-3-1-9-27(25)30/h1-4,9-10,12-13,23-24,29,32-36,61-62H,5-8,11,14-22,47H2,(H2,48,68)(H,63,69)(H,64,70)(H,65,71)(H,66,73)(H,67,72)(H4,49,50,57)(H4,51,52,58)(H4,53,54,59)(H4,55,56,60)/t29-,32-,33-,34-,35-,36-/m1/s1. The molecule has 0 aliphatic heterocycles. The molecule has 0 radical (unpaired) electrons. The number of aliphatic imine (C=N–C) groups is 4. The van der Waals surface area contributed by atoms with Crippen molar-refractivity contribution in [3.8, 4) is 0 Å². The molecule has 4 rings (SSSR count). The Balaban J connectivity index is 1.64. The van der Waals surface area contributed by atoms with Crippen LogP contribution in [-0.4, -0.2) is 132 Å². The number of carbonyl (C=O) groups excluding carboxylic acids is 6. The Bertz CT molecular complexity index is 2610. The van der Waals surface area contributed by atoms with Crippen LogP contribution in [-0.2, 0) is 41.6 Å². The van der Waals surface area contributed by atoms with Crippen LogP contribution in [0.15, 0.2) is 80.9 Å². The lowest BCUT2D eigenvalue weighted by Gasteiger charge is -2.27. The Labute approximate surface area is 421 Å². The summed E-state index contributed by atoms with van der Waals surface area (Å²) < 4.78 is 0. The van der Waals surface area contributed by atoms with E-state index >= 15 is 0 Å². The second-order valence-electron chi connectivity index (χ2n) is 17.2. The molecule has 73 heavy (non-hydrogen) atoms. The zero-order chi connectivity index (χ0) is 53.5. The maximum Gasteiger partial charge on any atom is 0.243 e. The Morgan fingerprint density at radius 2 is 0.740 bits per heavy atom. The van der Waals surface area contributed by atoms with Crippen molar-refractivity contribution >= 4 is 81.1 Å². The van der Waals surface area contributed by atoms with Crippen molar-refractivity contribution in [3.63, 3.8) is 0 Å². The van der Waals surface area contributed by atoms with Crippen LogP contribution in [0, 0.1) is 0 Å². The van der Waals surface area contributed by atoms with Crippen molar-refractivity contribution in [2.75, 3.05) is 26.2 Å². The third-order valence-corrected chi connectivity index (χ3v) is 11.5. The van der Waals surface area contributed by atoms with Gasteiger partial charge in [-0.1, -0.05) is 36.4 Å². The van der Waals surface area contributed by atoms with E-state index in [0.717, 1.165) is 27.4 Å². The summed E-state index contributed by atoms with van der Waals surface area (Å²) in [7, 11) is 0. The van der Waals surface area contributed by atoms with Gasteiger partial charge in [-0.15, -0.1) is 0 Å². The van der Waals surface area contributed by atoms with Crippen LogP contribution < -0.4 is 83.9 Å². The van der Waals surface area contributed by atoms with Gasteiger partial charge in [0, 0.05) is 73.2 Å². The van der Waals surface area contributed by atoms with Gasteiger partial charge < -0.3 is 93.9 Å². The molecular weight excluding hydrogens is 943 g/mol. The molecule has 27 nitrogen and oxygen atoms in total. The van der Waals surface area contributed by atoms with E-state index in [1.54, 1.807) is 12.4 Å². The SMILES string of the molecule is NC(=O)[C@@H](Cc1c[nH]c2ccccc12)NC(=O)[C@@H](Cc1c[nH]c2ccccc12)NC(=O)[C@@H](CCCN=C(N)N)NC(=O)[C@@H](CCCN=C(N)N)NC(=O)[C@@H](CCCN=C(N)N)NC(=O)[C@H](N)CCCN=C(N)N. The van der Waals surface area contributed by atoms with Crippen LogP contribution in [0.3, 0.4) is 0 Å². The van der Waals surface area contributed by atoms with Crippen molar-refractivity contribution in [2.45, 2.75) is 100 Å². The number of para-hydroxylation sites is 2. The van der Waals surface area contributed by atoms with Crippen LogP contribution in [0.5, 0.6) is 0 Å². The molecular formula is C46H71N21O6. The van der Waals surface area contributed by atoms with Crippen molar-refractivity contribution < 1.29 is 28.8 Å². The monoisotopic (exact) mass is 1010 g/mol. The fraction of sp³-hybridized carbons (Fsp3) is 0.435. The van der Waals surface area contributed by atoms with Crippen LogP contribution in [0.2, 0.25) is 0 Å². The first-order valence-corrected chi connectivity index (χ1v) is 23.7. The lowest BCUT2D eigenvalue weighted by atomic mass is 10.0. The van der Waals surface area contributed by atoms with Gasteiger partial charge in [0.1, 0.15) is 30.2 Å². The summed E-state index contributed by atoms with van der Waals surface area (Å²) >= 11 is 0. The lowest BCUT2D eigenvalue weighted by Crippen LogP contribution is -2.59. The molecule has 0 spiro atoms. The molecule has 0 saturated heterocycles. The van der Waals surface area contributed by atoms with E-state index in [4.69, 9.17) is 57.3 Å². The van der Waals surface area contributed by atoms with Crippen LogP contribution >= 0.6 is 0 Å². The fourth-order valence-electron chi connectivity index (χ4n) is 7.81. The molecule has 0 unspecified atom stereocenters. The van der Waals surface area contributed by atoms with Gasteiger partial charge in [-0.2, -0.15) is 0 Å². The highest BCUT2D eigenvalue weighted by atomic mass is 16.2. The molecule has 6 atom stereocenters. The topological polar surface area (TPSA) is 504 Å². The normalized spacial score (nSPS) is 13.4. The molecule has 0 aliphatic carbocycles. The zero-order valence-corrected chi connectivity index (χ0v) is 40.6. The number of primary amides is 1. The largest absolute Gasteiger partial charge is 0.370 e. The highest BCUT2D eigenvalue weighted by Gasteiger charge is 2.33. The minimum absolute atomic E-state index is 0.0194. The first kappa shape index (κ1) is 57.0. The van der Waals surface area contributed by atoms with E-state index < -0.39 is 71.7 Å². The Morgan fingerprint density at radius 3 is 1.12 bits per heavy atom. The van der Waals surface area contributed by atoms with Gasteiger partial charge in [0.05, 0.1) is 6.04 Å². The summed E-state index contributed by atoms with van der Waals surface area (Å²) in [5.74, 6) is -5.29. The minimum Gasteiger partial charge on any atom is -0.370 e. The second-order valence-corrected chi connectivity index (χ2v) is 17.2. The number of nitrogens with zero attached hydrogens (tertiary/aromatic N) is 4. The fourth-order valence-corrected chi connectivity index (χ4v) is 7.81. The zero-order valence-electron chi connectivity index (χ0n) is 40.6. The van der Waals surface area contributed by atoms with E-state index in [0.29, 0.717) is 12.0 Å². The van der Waals surface area contributed by atoms with Crippen LogP contribution in [0.4, 0.5) is 0 Å². The third-order valence-electron chi connectivity index (χ3n) is 11.5. The van der Waals surface area contributed by atoms with Crippen molar-refractivity contribution in [3.05, 3.63) is 72.1 Å². The maximum absolute atomic E-state index is 14.6. The molecule has 2 aromatic carbocycles. The third kappa shape index (κ3) is 19.2. The average molecular weight is 1010 g/mol. The van der Waals surface area contributed by atoms with Gasteiger partial charge in [-0.25, -0.2) is 0 Å². The molecule has 396 valence electrons. The summed E-state index contributed by atoms with van der Waals surface area (Å²) in [4.78, 5) is 106. The number of aromatic amines is 2. The summed E-state index contributed by atoms with van der Waals surface area (Å²) in [5, 5.41) is 15.3. The van der Waals surface area contributed by atoms with Crippen molar-refractivity contribution in [2.24, 2.45) is 77.3 Å². The number of guanidine groups is 4. The van der Waals surface area contributed by atoms with Gasteiger partial charge in [-0.3, -0.25) is 48.7 Å². The number of amides is 6. The Hall–Kier alpha value is -8.62. The number of nitrogens with two attached hydrogens (primary N) is 10. The molecule has 0 fully saturated rings. The highest BCUT2D eigenvalue weighted by Crippen LogP contribution is 2.21. The molecule has 27 N–H and O–H groups in total. The minimum atomic E-state index is -1.36. The van der Waals surface area contributed by atoms with Crippen LogP contribution in [0.1, 0.15) is 62.5 Å². The molecule has 0 bridgehead atoms. The maximum atomic E-state index is 14.6. The molecule has 2 heterocycles. The van der Waals surface area contributed by atoms with Crippen molar-refractivity contribution in [1.29, 1.82) is 0 Å². The number of carbonyl (C=O) groups is 6. The number of fused-ring (bicyclic) bond motifs is 2. The predicted octanol–water partition coefficient (Wildman–Crippen LogP) is -4.11. The smallest absolute Gasteiger partial charge is 0.243 e. The van der Waals surface area contributed by atoms with Crippen molar-refractivity contribution in [1.82, 2.24) is 36.6 Å². The van der Waals surface area contributed by atoms with Crippen LogP contribution in [0.25, 0.3) is 21.8 Å². The highest BCUT2D eigenvalue weighted by molar-refractivity contribution is 5.97. The summed E-state index contributed by atoms with van der Waals surface area (Å²) in [6.07, 6.45) is 4.43. The number of rotatable bonds is 31. The summed E-state index contributed by atoms with van der Waals surface area (Å²) in [6.45, 7) is 0.453.